The van der Waals surface area contributed by atoms with E-state index in [1.165, 1.54) is 21.4 Å². The smallest absolute Gasteiger partial charge is 0.262 e. The molecule has 4 atom stereocenters. The van der Waals surface area contributed by atoms with Gasteiger partial charge in [0.1, 0.15) is 11.4 Å². The van der Waals surface area contributed by atoms with Gasteiger partial charge in [0.05, 0.1) is 11.7 Å². The number of carbonyl (C=O) groups is 1. The third-order valence-corrected chi connectivity index (χ3v) is 7.81. The largest absolute Gasteiger partial charge is 0.352 e. The lowest BCUT2D eigenvalue weighted by molar-refractivity contribution is -0.123. The second-order valence-electron chi connectivity index (χ2n) is 8.65. The van der Waals surface area contributed by atoms with E-state index < -0.39 is 0 Å². The molecule has 6 heteroatoms. The highest BCUT2D eigenvalue weighted by molar-refractivity contribution is 7.18. The van der Waals surface area contributed by atoms with Crippen LogP contribution in [0.3, 0.4) is 0 Å². The molecular formula is C21H29N3O2S. The summed E-state index contributed by atoms with van der Waals surface area (Å²) in [6, 6.07) is 0.212. The van der Waals surface area contributed by atoms with Crippen molar-refractivity contribution in [2.24, 2.45) is 17.8 Å². The van der Waals surface area contributed by atoms with Gasteiger partial charge in [-0.1, -0.05) is 33.6 Å². The second kappa shape index (κ2) is 7.38. The topological polar surface area (TPSA) is 64.0 Å². The number of amides is 1. The maximum atomic E-state index is 13.0. The Morgan fingerprint density at radius 1 is 1.30 bits per heavy atom. The lowest BCUT2D eigenvalue weighted by atomic mass is 9.78. The van der Waals surface area contributed by atoms with Gasteiger partial charge in [-0.15, -0.1) is 11.3 Å². The Labute approximate surface area is 164 Å². The molecule has 5 nitrogen and oxygen atoms in total. The Kier molecular flexibility index (Phi) is 5.10. The van der Waals surface area contributed by atoms with Gasteiger partial charge >= 0.3 is 0 Å². The molecule has 0 saturated heterocycles. The fourth-order valence-corrected chi connectivity index (χ4v) is 6.01. The Morgan fingerprint density at radius 3 is 2.93 bits per heavy atom. The summed E-state index contributed by atoms with van der Waals surface area (Å²) in [4.78, 5) is 32.3. The SMILES string of the molecule is C[C@@H]1CCc2c(sc3ncn(CC(=O)N[C@H]4CCC[C@H](C)[C@@H]4C)c(=O)c23)C1. The first-order valence-electron chi connectivity index (χ1n) is 10.2. The number of carbonyl (C=O) groups excluding carboxylic acids is 1. The van der Waals surface area contributed by atoms with Gasteiger partial charge in [0.15, 0.2) is 0 Å². The first kappa shape index (κ1) is 18.7. The van der Waals surface area contributed by atoms with Crippen molar-refractivity contribution in [1.29, 1.82) is 0 Å². The van der Waals surface area contributed by atoms with E-state index in [4.69, 9.17) is 0 Å². The van der Waals surface area contributed by atoms with Gasteiger partial charge in [-0.2, -0.15) is 0 Å². The predicted octanol–water partition coefficient (Wildman–Crippen LogP) is 3.52. The molecular weight excluding hydrogens is 358 g/mol. The van der Waals surface area contributed by atoms with E-state index in [9.17, 15) is 9.59 Å². The van der Waals surface area contributed by atoms with Crippen LogP contribution in [0.2, 0.25) is 0 Å². The zero-order chi connectivity index (χ0) is 19.1. The molecule has 2 heterocycles. The van der Waals surface area contributed by atoms with Crippen LogP contribution >= 0.6 is 11.3 Å². The van der Waals surface area contributed by atoms with Crippen LogP contribution in [0.4, 0.5) is 0 Å². The van der Waals surface area contributed by atoms with Gasteiger partial charge in [0, 0.05) is 10.9 Å². The second-order valence-corrected chi connectivity index (χ2v) is 9.73. The molecule has 1 N–H and O–H groups in total. The Balaban J connectivity index is 1.55. The molecule has 4 rings (SSSR count). The zero-order valence-electron chi connectivity index (χ0n) is 16.5. The highest BCUT2D eigenvalue weighted by Crippen LogP contribution is 2.35. The minimum Gasteiger partial charge on any atom is -0.352 e. The molecule has 1 fully saturated rings. The quantitative estimate of drug-likeness (QED) is 0.876. The molecule has 0 aliphatic heterocycles. The minimum atomic E-state index is -0.0816. The Hall–Kier alpha value is -1.69. The minimum absolute atomic E-state index is 0.0559. The Morgan fingerprint density at radius 2 is 2.11 bits per heavy atom. The summed E-state index contributed by atoms with van der Waals surface area (Å²) in [7, 11) is 0. The van der Waals surface area contributed by atoms with Crippen LogP contribution in [-0.2, 0) is 24.2 Å². The lowest BCUT2D eigenvalue weighted by Gasteiger charge is -2.34. The van der Waals surface area contributed by atoms with Crippen LogP contribution in [-0.4, -0.2) is 21.5 Å². The molecule has 2 aliphatic carbocycles. The first-order chi connectivity index (χ1) is 12.9. The standard InChI is InChI=1S/C21H29N3O2S/c1-12-7-8-15-17(9-12)27-20-19(15)21(26)24(11-22-20)10-18(25)23-16-6-4-5-13(2)14(16)3/h11-14,16H,4-10H2,1-3H3,(H,23,25)/t12-,13+,14+,16+/m1/s1. The summed E-state index contributed by atoms with van der Waals surface area (Å²) in [5.74, 6) is 1.69. The highest BCUT2D eigenvalue weighted by Gasteiger charge is 2.28. The number of nitrogens with zero attached hydrogens (tertiary/aromatic N) is 2. The van der Waals surface area contributed by atoms with Crippen molar-refractivity contribution < 1.29 is 4.79 Å². The molecule has 2 aliphatic rings. The average Bonchev–Trinajstić information content (AvgIpc) is 2.99. The molecule has 1 amide bonds. The zero-order valence-corrected chi connectivity index (χ0v) is 17.3. The maximum absolute atomic E-state index is 13.0. The number of nitrogens with one attached hydrogen (secondary N) is 1. The number of thiophene rings is 1. The van der Waals surface area contributed by atoms with Crippen LogP contribution in [0.5, 0.6) is 0 Å². The van der Waals surface area contributed by atoms with E-state index in [1.807, 2.05) is 0 Å². The van der Waals surface area contributed by atoms with E-state index in [1.54, 1.807) is 17.7 Å². The third-order valence-electron chi connectivity index (χ3n) is 6.65. The summed E-state index contributed by atoms with van der Waals surface area (Å²) in [6.45, 7) is 6.79. The first-order valence-corrected chi connectivity index (χ1v) is 11.0. The molecule has 146 valence electrons. The normalized spacial score (nSPS) is 28.1. The number of hydrogen-bond acceptors (Lipinski definition) is 4. The van der Waals surface area contributed by atoms with Crippen molar-refractivity contribution in [3.05, 3.63) is 27.1 Å². The van der Waals surface area contributed by atoms with E-state index in [0.717, 1.165) is 42.3 Å². The molecule has 0 unspecified atom stereocenters. The van der Waals surface area contributed by atoms with E-state index in [-0.39, 0.29) is 24.1 Å². The predicted molar refractivity (Wildman–Crippen MR) is 109 cm³/mol. The number of fused-ring (bicyclic) bond motifs is 3. The van der Waals surface area contributed by atoms with Gasteiger partial charge in [-0.3, -0.25) is 14.2 Å². The van der Waals surface area contributed by atoms with Gasteiger partial charge in [0.2, 0.25) is 5.91 Å². The average molecular weight is 388 g/mol. The fourth-order valence-electron chi connectivity index (χ4n) is 4.67. The lowest BCUT2D eigenvalue weighted by Crippen LogP contribution is -2.45. The van der Waals surface area contributed by atoms with E-state index in [0.29, 0.717) is 17.8 Å². The summed E-state index contributed by atoms with van der Waals surface area (Å²) >= 11 is 1.65. The molecule has 0 aromatic carbocycles. The van der Waals surface area contributed by atoms with Gasteiger partial charge in [-0.25, -0.2) is 4.98 Å². The summed E-state index contributed by atoms with van der Waals surface area (Å²) in [6.07, 6.45) is 8.06. The Bertz CT molecular complexity index is 916. The number of aryl methyl sites for hydroxylation is 1. The third kappa shape index (κ3) is 3.56. The van der Waals surface area contributed by atoms with Gasteiger partial charge in [0.25, 0.3) is 5.56 Å². The summed E-state index contributed by atoms with van der Waals surface area (Å²) in [5.41, 5.74) is 1.11. The highest BCUT2D eigenvalue weighted by atomic mass is 32.1. The van der Waals surface area contributed by atoms with Crippen molar-refractivity contribution in [1.82, 2.24) is 14.9 Å². The summed E-state index contributed by atoms with van der Waals surface area (Å²) in [5, 5.41) is 3.91. The molecule has 1 saturated carbocycles. The molecule has 27 heavy (non-hydrogen) atoms. The van der Waals surface area contributed by atoms with E-state index in [2.05, 4.69) is 31.1 Å². The molecule has 0 bridgehead atoms. The fraction of sp³-hybridized carbons (Fsp3) is 0.667. The van der Waals surface area contributed by atoms with Crippen LogP contribution < -0.4 is 10.9 Å². The summed E-state index contributed by atoms with van der Waals surface area (Å²) < 4.78 is 1.49. The molecule has 0 radical (unpaired) electrons. The van der Waals surface area contributed by atoms with Crippen LogP contribution in [0.15, 0.2) is 11.1 Å². The van der Waals surface area contributed by atoms with Gasteiger partial charge in [-0.05, 0) is 49.0 Å². The number of aromatic nitrogens is 2. The van der Waals surface area contributed by atoms with E-state index >= 15 is 0 Å². The number of rotatable bonds is 3. The van der Waals surface area contributed by atoms with Crippen LogP contribution in [0.1, 0.15) is 56.9 Å². The van der Waals surface area contributed by atoms with Gasteiger partial charge < -0.3 is 5.32 Å². The molecule has 0 spiro atoms. The van der Waals surface area contributed by atoms with Crippen LogP contribution in [0, 0.1) is 17.8 Å². The number of hydrogen-bond donors (Lipinski definition) is 1. The van der Waals surface area contributed by atoms with Crippen molar-refractivity contribution in [2.45, 2.75) is 71.9 Å². The van der Waals surface area contributed by atoms with Crippen molar-refractivity contribution in [3.8, 4) is 0 Å². The molecule has 2 aromatic rings. The van der Waals surface area contributed by atoms with Crippen LogP contribution in [0.25, 0.3) is 10.2 Å². The van der Waals surface area contributed by atoms with Crippen molar-refractivity contribution in [3.63, 3.8) is 0 Å². The molecule has 2 aromatic heterocycles. The van der Waals surface area contributed by atoms with Crippen molar-refractivity contribution in [2.75, 3.05) is 0 Å². The van der Waals surface area contributed by atoms with Crippen molar-refractivity contribution >= 4 is 27.5 Å². The maximum Gasteiger partial charge on any atom is 0.262 e. The monoisotopic (exact) mass is 387 g/mol.